The summed E-state index contributed by atoms with van der Waals surface area (Å²) in [6.07, 6.45) is -1.98. The number of phosphoric ester groups is 1. The molecule has 0 saturated heterocycles. The third kappa shape index (κ3) is 5.19. The molecular formula is C27H43O12P. The van der Waals surface area contributed by atoms with Crippen molar-refractivity contribution in [1.29, 1.82) is 0 Å². The lowest BCUT2D eigenvalue weighted by atomic mass is 9.46. The summed E-state index contributed by atoms with van der Waals surface area (Å²) < 4.78 is 14.5. The summed E-state index contributed by atoms with van der Waals surface area (Å²) in [5.41, 5.74) is 0.155. The molecule has 0 aliphatic heterocycles. The second-order valence-corrected chi connectivity index (χ2v) is 14.1. The number of hydrogen-bond acceptors (Lipinski definition) is 10. The van der Waals surface area contributed by atoms with Crippen molar-refractivity contribution in [3.63, 3.8) is 0 Å². The summed E-state index contributed by atoms with van der Waals surface area (Å²) in [6, 6.07) is 0. The van der Waals surface area contributed by atoms with Gasteiger partial charge in [-0.15, -0.1) is 0 Å². The minimum atomic E-state index is -5.01. The summed E-state index contributed by atoms with van der Waals surface area (Å²) in [5.74, 6) is 1.90. The van der Waals surface area contributed by atoms with Gasteiger partial charge >= 0.3 is 7.82 Å². The average molecular weight is 591 g/mol. The Balaban J connectivity index is 0.000000202. The molecule has 5 aliphatic carbocycles. The molecule has 4 unspecified atom stereocenters. The molecule has 8 N–H and O–H groups in total. The number of allylic oxidation sites excluding steroid dienone is 1. The van der Waals surface area contributed by atoms with Gasteiger partial charge < -0.3 is 40.4 Å². The second-order valence-electron chi connectivity index (χ2n) is 12.9. The lowest BCUT2D eigenvalue weighted by molar-refractivity contribution is -0.219. The largest absolute Gasteiger partial charge is 0.470 e. The summed E-state index contributed by atoms with van der Waals surface area (Å²) in [7, 11) is -5.01. The maximum atomic E-state index is 12.2. The zero-order valence-corrected chi connectivity index (χ0v) is 24.0. The molecular weight excluding hydrogens is 547 g/mol. The summed E-state index contributed by atoms with van der Waals surface area (Å²) in [4.78, 5) is 41.1. The highest BCUT2D eigenvalue weighted by molar-refractivity contribution is 7.46. The van der Waals surface area contributed by atoms with Crippen molar-refractivity contribution in [3.05, 3.63) is 11.6 Å². The van der Waals surface area contributed by atoms with Gasteiger partial charge in [0, 0.05) is 11.8 Å². The Bertz CT molecular complexity index is 1070. The molecule has 13 heteroatoms. The van der Waals surface area contributed by atoms with E-state index in [2.05, 4.69) is 18.4 Å². The number of fused-ring (bicyclic) bond motifs is 5. The van der Waals surface area contributed by atoms with Gasteiger partial charge in [0.1, 0.15) is 42.2 Å². The Hall–Kier alpha value is -1.05. The topological polar surface area (TPSA) is 222 Å². The van der Waals surface area contributed by atoms with Crippen LogP contribution in [0.4, 0.5) is 0 Å². The summed E-state index contributed by atoms with van der Waals surface area (Å²) in [5, 5.41) is 57.3. The van der Waals surface area contributed by atoms with Crippen LogP contribution in [-0.4, -0.2) is 94.2 Å². The maximum absolute atomic E-state index is 12.2. The molecule has 5 aliphatic rings. The Morgan fingerprint density at radius 3 is 1.98 bits per heavy atom. The fourth-order valence-electron chi connectivity index (χ4n) is 8.63. The minimum absolute atomic E-state index is 0.0446. The molecule has 0 aromatic rings. The monoisotopic (exact) mass is 590 g/mol. The van der Waals surface area contributed by atoms with E-state index in [1.165, 1.54) is 5.57 Å². The van der Waals surface area contributed by atoms with E-state index in [0.29, 0.717) is 36.4 Å². The maximum Gasteiger partial charge on any atom is 0.470 e. The SMILES string of the molecule is CC(=O)[C@@]1(O)CC[C@H]2[C@@H]3CCC4=CC(=O)CC[C@]4(C)[C@H]3CC[C@@]21C.O=P(O)(O)OC1C(O)C(O)C(O)C(O)C1O. The van der Waals surface area contributed by atoms with Crippen molar-refractivity contribution in [2.75, 3.05) is 0 Å². The van der Waals surface area contributed by atoms with Crippen molar-refractivity contribution < 1.29 is 59.1 Å². The van der Waals surface area contributed by atoms with E-state index in [1.54, 1.807) is 6.92 Å². The number of ketones is 2. The molecule has 4 saturated carbocycles. The van der Waals surface area contributed by atoms with E-state index in [0.717, 1.165) is 38.5 Å². The van der Waals surface area contributed by atoms with Crippen LogP contribution in [-0.2, 0) is 18.7 Å². The average Bonchev–Trinajstić information content (AvgIpc) is 3.16. The lowest BCUT2D eigenvalue weighted by Gasteiger charge is -2.58. The Morgan fingerprint density at radius 1 is 0.875 bits per heavy atom. The molecule has 228 valence electrons. The number of hydrogen-bond donors (Lipinski definition) is 8. The molecule has 0 bridgehead atoms. The van der Waals surface area contributed by atoms with Crippen LogP contribution in [0, 0.1) is 28.6 Å². The number of Topliss-reactive ketones (excluding diaryl/α,β-unsaturated/α-hetero) is 1. The molecule has 10 atom stereocenters. The van der Waals surface area contributed by atoms with Gasteiger partial charge in [0.25, 0.3) is 0 Å². The fourth-order valence-corrected chi connectivity index (χ4v) is 9.20. The highest BCUT2D eigenvalue weighted by Crippen LogP contribution is 2.67. The lowest BCUT2D eigenvalue weighted by Crippen LogP contribution is -2.64. The second kappa shape index (κ2) is 10.9. The van der Waals surface area contributed by atoms with Crippen LogP contribution in [0.5, 0.6) is 0 Å². The van der Waals surface area contributed by atoms with Crippen molar-refractivity contribution in [2.45, 2.75) is 114 Å². The Labute approximate surface area is 233 Å². The molecule has 5 rings (SSSR count). The smallest absolute Gasteiger partial charge is 0.387 e. The molecule has 12 nitrogen and oxygen atoms in total. The minimum Gasteiger partial charge on any atom is -0.387 e. The first-order valence-electron chi connectivity index (χ1n) is 14.0. The molecule has 0 aromatic heterocycles. The van der Waals surface area contributed by atoms with Crippen LogP contribution < -0.4 is 0 Å². The number of aliphatic hydroxyl groups is 6. The van der Waals surface area contributed by atoms with Crippen molar-refractivity contribution >= 4 is 19.4 Å². The Kier molecular flexibility index (Phi) is 8.69. The van der Waals surface area contributed by atoms with E-state index in [4.69, 9.17) is 14.9 Å². The third-order valence-corrected chi connectivity index (χ3v) is 11.5. The first kappa shape index (κ1) is 31.9. The standard InChI is InChI=1S/C21H30O3.C6H13O9P/c1-13(22)21(24)11-8-18-16-5-4-14-12-15(23)6-9-19(14,2)17(16)7-10-20(18,21)3;7-1-2(8)4(10)6(5(11)3(1)9)15-16(12,13)14/h12,16-18,24H,4-11H2,1-3H3;1-11H,(H2,12,13,14)/t16-,17+,18+,19+,20+,21+;/m1./s1. The van der Waals surface area contributed by atoms with Crippen LogP contribution in [0.3, 0.4) is 0 Å². The number of carbonyl (C=O) groups is 2. The van der Waals surface area contributed by atoms with Gasteiger partial charge in [-0.05, 0) is 81.1 Å². The van der Waals surface area contributed by atoms with Crippen molar-refractivity contribution in [3.8, 4) is 0 Å². The predicted molar refractivity (Wildman–Crippen MR) is 139 cm³/mol. The summed E-state index contributed by atoms with van der Waals surface area (Å²) >= 11 is 0. The molecule has 0 aromatic carbocycles. The molecule has 0 heterocycles. The predicted octanol–water partition coefficient (Wildman–Crippen LogP) is 0.121. The van der Waals surface area contributed by atoms with E-state index >= 15 is 0 Å². The van der Waals surface area contributed by atoms with Gasteiger partial charge in [-0.1, -0.05) is 19.4 Å². The van der Waals surface area contributed by atoms with Gasteiger partial charge in [-0.2, -0.15) is 0 Å². The van der Waals surface area contributed by atoms with Gasteiger partial charge in [0.2, 0.25) is 0 Å². The number of rotatable bonds is 3. The molecule has 0 amide bonds. The van der Waals surface area contributed by atoms with Crippen LogP contribution in [0.15, 0.2) is 11.6 Å². The van der Waals surface area contributed by atoms with Gasteiger partial charge in [-0.3, -0.25) is 14.1 Å². The fraction of sp³-hybridized carbons (Fsp3) is 0.852. The first-order valence-corrected chi connectivity index (χ1v) is 15.5. The number of phosphoric acid groups is 1. The van der Waals surface area contributed by atoms with E-state index in [9.17, 15) is 39.7 Å². The Morgan fingerprint density at radius 2 is 1.43 bits per heavy atom. The van der Waals surface area contributed by atoms with Gasteiger partial charge in [-0.25, -0.2) is 4.57 Å². The normalized spacial score (nSPS) is 48.6. The molecule has 4 fully saturated rings. The third-order valence-electron chi connectivity index (χ3n) is 11.0. The summed E-state index contributed by atoms with van der Waals surface area (Å²) in [6.45, 7) is 6.10. The van der Waals surface area contributed by atoms with E-state index < -0.39 is 50.0 Å². The zero-order chi connectivity index (χ0) is 30.0. The highest BCUT2D eigenvalue weighted by Gasteiger charge is 2.65. The highest BCUT2D eigenvalue weighted by atomic mass is 31.2. The van der Waals surface area contributed by atoms with Crippen LogP contribution in [0.2, 0.25) is 0 Å². The first-order chi connectivity index (χ1) is 18.4. The van der Waals surface area contributed by atoms with E-state index in [-0.39, 0.29) is 16.6 Å². The molecule has 0 spiro atoms. The quantitative estimate of drug-likeness (QED) is 0.205. The van der Waals surface area contributed by atoms with Gasteiger partial charge in [0.05, 0.1) is 0 Å². The number of carbonyl (C=O) groups excluding carboxylic acids is 2. The number of aliphatic hydroxyl groups excluding tert-OH is 5. The zero-order valence-electron chi connectivity index (χ0n) is 23.1. The van der Waals surface area contributed by atoms with Crippen LogP contribution in [0.1, 0.15) is 72.1 Å². The molecule has 0 radical (unpaired) electrons. The van der Waals surface area contributed by atoms with E-state index in [1.807, 2.05) is 6.08 Å². The van der Waals surface area contributed by atoms with Crippen LogP contribution in [0.25, 0.3) is 0 Å². The molecule has 40 heavy (non-hydrogen) atoms. The van der Waals surface area contributed by atoms with Crippen LogP contribution >= 0.6 is 7.82 Å². The van der Waals surface area contributed by atoms with Crippen molar-refractivity contribution in [1.82, 2.24) is 0 Å². The van der Waals surface area contributed by atoms with Gasteiger partial charge in [0.15, 0.2) is 11.6 Å². The van der Waals surface area contributed by atoms with Crippen molar-refractivity contribution in [2.24, 2.45) is 28.6 Å².